The van der Waals surface area contributed by atoms with Crippen LogP contribution in [0.15, 0.2) is 24.3 Å². The largest absolute Gasteiger partial charge is 0.444 e. The summed E-state index contributed by atoms with van der Waals surface area (Å²) in [6.45, 7) is 5.38. The molecule has 0 aliphatic carbocycles. The lowest BCUT2D eigenvalue weighted by molar-refractivity contribution is 0.0636. The Bertz CT molecular complexity index is 685. The standard InChI is InChI=1S/C15H19ClN4O2/c1-15(2,3)22-14(21)18-12-7-9(5-6-10(12)16)11-8-13(17)20(4)19-11/h5-8H,17H2,1-4H3,(H,18,21). The number of nitrogen functional groups attached to an aromatic ring is 1. The molecular formula is C15H19ClN4O2. The molecule has 0 spiro atoms. The fraction of sp³-hybridized carbons (Fsp3) is 0.333. The maximum atomic E-state index is 11.9. The van der Waals surface area contributed by atoms with Crippen LogP contribution in [0.4, 0.5) is 16.3 Å². The van der Waals surface area contributed by atoms with Crippen molar-refractivity contribution in [3.05, 3.63) is 29.3 Å². The number of aryl methyl sites for hydroxylation is 1. The molecule has 0 saturated carbocycles. The van der Waals surface area contributed by atoms with Crippen LogP contribution in [-0.2, 0) is 11.8 Å². The molecule has 0 aliphatic heterocycles. The summed E-state index contributed by atoms with van der Waals surface area (Å²) in [5.41, 5.74) is 7.15. The summed E-state index contributed by atoms with van der Waals surface area (Å²) in [6.07, 6.45) is -0.563. The van der Waals surface area contributed by atoms with E-state index in [2.05, 4.69) is 10.4 Å². The van der Waals surface area contributed by atoms with Crippen LogP contribution in [-0.4, -0.2) is 21.5 Å². The van der Waals surface area contributed by atoms with Crippen LogP contribution >= 0.6 is 11.6 Å². The van der Waals surface area contributed by atoms with Crippen molar-refractivity contribution in [1.82, 2.24) is 9.78 Å². The molecule has 6 nitrogen and oxygen atoms in total. The first kappa shape index (κ1) is 16.2. The Morgan fingerprint density at radius 2 is 2.05 bits per heavy atom. The fourth-order valence-electron chi connectivity index (χ4n) is 1.82. The summed E-state index contributed by atoms with van der Waals surface area (Å²) in [7, 11) is 1.76. The van der Waals surface area contributed by atoms with Crippen LogP contribution in [0.3, 0.4) is 0 Å². The van der Waals surface area contributed by atoms with Crippen LogP contribution in [0.25, 0.3) is 11.3 Å². The Morgan fingerprint density at radius 1 is 1.36 bits per heavy atom. The van der Waals surface area contributed by atoms with Gasteiger partial charge in [-0.2, -0.15) is 5.10 Å². The predicted molar refractivity (Wildman–Crippen MR) is 87.9 cm³/mol. The number of carbonyl (C=O) groups is 1. The fourth-order valence-corrected chi connectivity index (χ4v) is 1.98. The molecule has 2 rings (SSSR count). The zero-order valence-corrected chi connectivity index (χ0v) is 13.7. The van der Waals surface area contributed by atoms with Gasteiger partial charge in [0, 0.05) is 18.7 Å². The smallest absolute Gasteiger partial charge is 0.412 e. The minimum absolute atomic E-state index is 0.415. The van der Waals surface area contributed by atoms with Crippen molar-refractivity contribution >= 4 is 29.2 Å². The van der Waals surface area contributed by atoms with Crippen LogP contribution in [0.2, 0.25) is 5.02 Å². The molecule has 2 aromatic rings. The summed E-state index contributed by atoms with van der Waals surface area (Å²) in [5, 5.41) is 7.35. The van der Waals surface area contributed by atoms with Crippen molar-refractivity contribution in [2.75, 3.05) is 11.1 Å². The van der Waals surface area contributed by atoms with E-state index in [1.807, 2.05) is 6.07 Å². The SMILES string of the molecule is Cn1nc(-c2ccc(Cl)c(NC(=O)OC(C)(C)C)c2)cc1N. The Balaban J connectivity index is 2.25. The van der Waals surface area contributed by atoms with Crippen molar-refractivity contribution in [3.63, 3.8) is 0 Å². The first-order valence-corrected chi connectivity index (χ1v) is 7.13. The molecule has 118 valence electrons. The molecule has 1 aromatic carbocycles. The first-order chi connectivity index (χ1) is 10.2. The lowest BCUT2D eigenvalue weighted by Crippen LogP contribution is -2.27. The van der Waals surface area contributed by atoms with Crippen molar-refractivity contribution < 1.29 is 9.53 Å². The molecule has 1 heterocycles. The van der Waals surface area contributed by atoms with Gasteiger partial charge in [-0.05, 0) is 32.9 Å². The highest BCUT2D eigenvalue weighted by Crippen LogP contribution is 2.29. The van der Waals surface area contributed by atoms with Crippen LogP contribution in [0.1, 0.15) is 20.8 Å². The summed E-state index contributed by atoms with van der Waals surface area (Å²) < 4.78 is 6.79. The second-order valence-electron chi connectivity index (χ2n) is 5.90. The topological polar surface area (TPSA) is 82.2 Å². The third kappa shape index (κ3) is 3.92. The maximum Gasteiger partial charge on any atom is 0.412 e. The first-order valence-electron chi connectivity index (χ1n) is 6.75. The molecule has 1 aromatic heterocycles. The second kappa shape index (κ2) is 5.88. The van der Waals surface area contributed by atoms with E-state index >= 15 is 0 Å². The van der Waals surface area contributed by atoms with Crippen molar-refractivity contribution in [3.8, 4) is 11.3 Å². The van der Waals surface area contributed by atoms with Gasteiger partial charge in [0.25, 0.3) is 0 Å². The van der Waals surface area contributed by atoms with Crippen LogP contribution < -0.4 is 11.1 Å². The third-order valence-corrected chi connectivity index (χ3v) is 3.14. The number of anilines is 2. The number of nitrogens with one attached hydrogen (secondary N) is 1. The number of amides is 1. The van der Waals surface area contributed by atoms with Gasteiger partial charge in [-0.25, -0.2) is 4.79 Å². The Labute approximate surface area is 134 Å². The number of carbonyl (C=O) groups excluding carboxylic acids is 1. The van der Waals surface area contributed by atoms with Crippen molar-refractivity contribution in [2.24, 2.45) is 7.05 Å². The van der Waals surface area contributed by atoms with Gasteiger partial charge in [0.2, 0.25) is 0 Å². The van der Waals surface area contributed by atoms with E-state index in [0.717, 1.165) is 5.56 Å². The highest BCUT2D eigenvalue weighted by molar-refractivity contribution is 6.33. The maximum absolute atomic E-state index is 11.9. The van der Waals surface area contributed by atoms with Gasteiger partial charge >= 0.3 is 6.09 Å². The summed E-state index contributed by atoms with van der Waals surface area (Å²) in [5.74, 6) is 0.548. The molecule has 3 N–H and O–H groups in total. The Kier molecular flexibility index (Phi) is 4.32. The minimum atomic E-state index is -0.580. The molecule has 22 heavy (non-hydrogen) atoms. The molecule has 0 unspecified atom stereocenters. The van der Waals surface area contributed by atoms with Crippen LogP contribution in [0.5, 0.6) is 0 Å². The highest BCUT2D eigenvalue weighted by atomic mass is 35.5. The van der Waals surface area contributed by atoms with E-state index in [1.54, 1.807) is 50.7 Å². The quantitative estimate of drug-likeness (QED) is 0.883. The lowest BCUT2D eigenvalue weighted by Gasteiger charge is -2.20. The van der Waals surface area contributed by atoms with Gasteiger partial charge in [-0.15, -0.1) is 0 Å². The predicted octanol–water partition coefficient (Wildman–Crippen LogP) is 3.67. The summed E-state index contributed by atoms with van der Waals surface area (Å²) in [4.78, 5) is 11.9. The van der Waals surface area contributed by atoms with Gasteiger partial charge in [0.1, 0.15) is 11.4 Å². The summed E-state index contributed by atoms with van der Waals surface area (Å²) in [6, 6.07) is 6.98. The number of nitrogens with two attached hydrogens (primary N) is 1. The van der Waals surface area contributed by atoms with Gasteiger partial charge < -0.3 is 10.5 Å². The molecule has 0 radical (unpaired) electrons. The van der Waals surface area contributed by atoms with Crippen molar-refractivity contribution in [1.29, 1.82) is 0 Å². The Hall–Kier alpha value is -2.21. The second-order valence-corrected chi connectivity index (χ2v) is 6.31. The number of halogens is 1. The van der Waals surface area contributed by atoms with Crippen molar-refractivity contribution in [2.45, 2.75) is 26.4 Å². The van der Waals surface area contributed by atoms with Gasteiger partial charge in [0.05, 0.1) is 16.4 Å². The molecular weight excluding hydrogens is 304 g/mol. The molecule has 0 aliphatic rings. The van der Waals surface area contributed by atoms with E-state index in [4.69, 9.17) is 22.1 Å². The van der Waals surface area contributed by atoms with Gasteiger partial charge in [-0.1, -0.05) is 17.7 Å². The molecule has 7 heteroatoms. The van der Waals surface area contributed by atoms with E-state index in [1.165, 1.54) is 0 Å². The monoisotopic (exact) mass is 322 g/mol. The molecule has 0 fully saturated rings. The summed E-state index contributed by atoms with van der Waals surface area (Å²) >= 11 is 6.11. The Morgan fingerprint density at radius 3 is 2.59 bits per heavy atom. The number of ether oxygens (including phenoxy) is 1. The number of hydrogen-bond donors (Lipinski definition) is 2. The van der Waals surface area contributed by atoms with E-state index < -0.39 is 11.7 Å². The number of rotatable bonds is 2. The zero-order valence-electron chi connectivity index (χ0n) is 13.0. The average Bonchev–Trinajstić information content (AvgIpc) is 2.70. The van der Waals surface area contributed by atoms with E-state index in [-0.39, 0.29) is 0 Å². The zero-order chi connectivity index (χ0) is 16.5. The van der Waals surface area contributed by atoms with E-state index in [9.17, 15) is 4.79 Å². The lowest BCUT2D eigenvalue weighted by atomic mass is 10.1. The third-order valence-electron chi connectivity index (χ3n) is 2.81. The average molecular weight is 323 g/mol. The normalized spacial score (nSPS) is 11.3. The number of aromatic nitrogens is 2. The molecule has 0 saturated heterocycles. The number of nitrogens with zero attached hydrogens (tertiary/aromatic N) is 2. The van der Waals surface area contributed by atoms with Gasteiger partial charge in [-0.3, -0.25) is 10.00 Å². The number of benzene rings is 1. The van der Waals surface area contributed by atoms with E-state index in [0.29, 0.717) is 22.2 Å². The minimum Gasteiger partial charge on any atom is -0.444 e. The molecule has 0 atom stereocenters. The van der Waals surface area contributed by atoms with Gasteiger partial charge in [0.15, 0.2) is 0 Å². The molecule has 1 amide bonds. The number of hydrogen-bond acceptors (Lipinski definition) is 4. The van der Waals surface area contributed by atoms with Crippen LogP contribution in [0, 0.1) is 0 Å². The highest BCUT2D eigenvalue weighted by Gasteiger charge is 2.17. The molecule has 0 bridgehead atoms.